The van der Waals surface area contributed by atoms with Crippen LogP contribution in [0.5, 0.6) is 0 Å². The predicted octanol–water partition coefficient (Wildman–Crippen LogP) is 5.56. The van der Waals surface area contributed by atoms with Crippen molar-refractivity contribution in [3.8, 4) is 0 Å². The number of aromatic nitrogens is 1. The molecule has 0 saturated carbocycles. The van der Waals surface area contributed by atoms with Crippen LogP contribution in [-0.4, -0.2) is 65.9 Å². The molecule has 0 atom stereocenters. The fraction of sp³-hybridized carbons (Fsp3) is 0.364. The maximum absolute atomic E-state index is 12.8. The lowest BCUT2D eigenvalue weighted by Gasteiger charge is -2.17. The minimum Gasteiger partial charge on any atom is -0.399 e. The van der Waals surface area contributed by atoms with E-state index in [4.69, 9.17) is 10.7 Å². The SMILES string of the molecule is Nc1ccc(Nc2c3cc(NC(=O)CCN4CCCC4)ccc3nc3ccc(NC(=O)CCN4CCCC4)cc23)cc1. The molecule has 2 fully saturated rings. The summed E-state index contributed by atoms with van der Waals surface area (Å²) in [5, 5.41) is 11.5. The molecule has 0 spiro atoms. The number of benzene rings is 3. The molecule has 1 aromatic heterocycles. The van der Waals surface area contributed by atoms with Crippen molar-refractivity contribution >= 4 is 62.1 Å². The second kappa shape index (κ2) is 12.8. The van der Waals surface area contributed by atoms with Crippen molar-refractivity contribution in [3.63, 3.8) is 0 Å². The zero-order valence-electron chi connectivity index (χ0n) is 24.0. The summed E-state index contributed by atoms with van der Waals surface area (Å²) < 4.78 is 0. The number of pyridine rings is 1. The lowest BCUT2D eigenvalue weighted by atomic mass is 10.1. The van der Waals surface area contributed by atoms with E-state index in [1.54, 1.807) is 0 Å². The summed E-state index contributed by atoms with van der Waals surface area (Å²) in [6.45, 7) is 5.85. The van der Waals surface area contributed by atoms with Gasteiger partial charge in [-0.3, -0.25) is 9.59 Å². The van der Waals surface area contributed by atoms with Crippen molar-refractivity contribution < 1.29 is 9.59 Å². The molecule has 9 heteroatoms. The van der Waals surface area contributed by atoms with Crippen molar-refractivity contribution in [1.82, 2.24) is 14.8 Å². The number of likely N-dealkylation sites (tertiary alicyclic amines) is 2. The molecule has 218 valence electrons. The largest absolute Gasteiger partial charge is 0.399 e. The zero-order valence-corrected chi connectivity index (χ0v) is 24.0. The van der Waals surface area contributed by atoms with E-state index in [0.717, 1.165) is 83.8 Å². The third-order valence-corrected chi connectivity index (χ3v) is 8.23. The van der Waals surface area contributed by atoms with Crippen LogP contribution in [0.25, 0.3) is 21.8 Å². The van der Waals surface area contributed by atoms with Crippen LogP contribution in [0.15, 0.2) is 60.7 Å². The van der Waals surface area contributed by atoms with Crippen LogP contribution in [0.2, 0.25) is 0 Å². The van der Waals surface area contributed by atoms with Crippen molar-refractivity contribution in [2.24, 2.45) is 0 Å². The number of hydrogen-bond acceptors (Lipinski definition) is 7. The predicted molar refractivity (Wildman–Crippen MR) is 171 cm³/mol. The van der Waals surface area contributed by atoms with E-state index in [0.29, 0.717) is 18.5 Å². The molecule has 0 aliphatic carbocycles. The van der Waals surface area contributed by atoms with Gasteiger partial charge in [0.1, 0.15) is 0 Å². The molecule has 4 aromatic rings. The van der Waals surface area contributed by atoms with E-state index >= 15 is 0 Å². The first-order chi connectivity index (χ1) is 20.5. The summed E-state index contributed by atoms with van der Waals surface area (Å²) in [7, 11) is 0. The number of fused-ring (bicyclic) bond motifs is 2. The Kier molecular flexibility index (Phi) is 8.48. The minimum atomic E-state index is 0.00183. The molecule has 0 unspecified atom stereocenters. The van der Waals surface area contributed by atoms with Gasteiger partial charge in [-0.05, 0) is 113 Å². The van der Waals surface area contributed by atoms with Crippen molar-refractivity contribution in [2.45, 2.75) is 38.5 Å². The highest BCUT2D eigenvalue weighted by Crippen LogP contribution is 2.36. The van der Waals surface area contributed by atoms with E-state index in [-0.39, 0.29) is 11.8 Å². The molecule has 0 radical (unpaired) electrons. The summed E-state index contributed by atoms with van der Waals surface area (Å²) in [5.74, 6) is 0.00365. The Morgan fingerprint density at radius 2 is 1.12 bits per heavy atom. The quantitative estimate of drug-likeness (QED) is 0.147. The van der Waals surface area contributed by atoms with Gasteiger partial charge in [0.05, 0.1) is 16.7 Å². The molecule has 2 aliphatic heterocycles. The monoisotopic (exact) mass is 565 g/mol. The first-order valence-electron chi connectivity index (χ1n) is 15.0. The Morgan fingerprint density at radius 1 is 0.667 bits per heavy atom. The topological polar surface area (TPSA) is 116 Å². The van der Waals surface area contributed by atoms with Crippen LogP contribution in [0.3, 0.4) is 0 Å². The lowest BCUT2D eigenvalue weighted by Crippen LogP contribution is -2.25. The molecule has 3 aromatic carbocycles. The Bertz CT molecular complexity index is 1480. The fourth-order valence-electron chi connectivity index (χ4n) is 5.92. The average Bonchev–Trinajstić information content (AvgIpc) is 3.71. The first kappa shape index (κ1) is 27.9. The van der Waals surface area contributed by atoms with Crippen LogP contribution in [-0.2, 0) is 9.59 Å². The van der Waals surface area contributed by atoms with Gasteiger partial charge in [0, 0.05) is 59.5 Å². The number of carbonyl (C=O) groups is 2. The third kappa shape index (κ3) is 6.80. The zero-order chi connectivity index (χ0) is 28.9. The normalized spacial score (nSPS) is 15.8. The molecule has 3 heterocycles. The van der Waals surface area contributed by atoms with Gasteiger partial charge < -0.3 is 31.5 Å². The molecule has 5 N–H and O–H groups in total. The van der Waals surface area contributed by atoms with E-state index in [2.05, 4.69) is 25.8 Å². The summed E-state index contributed by atoms with van der Waals surface area (Å²) in [6, 6.07) is 19.2. The Balaban J connectivity index is 1.29. The van der Waals surface area contributed by atoms with Crippen LogP contribution < -0.4 is 21.7 Å². The number of nitrogens with one attached hydrogen (secondary N) is 3. The molecular formula is C33H39N7O2. The molecule has 2 saturated heterocycles. The number of hydrogen-bond donors (Lipinski definition) is 4. The number of nitrogen functional groups attached to an aromatic ring is 1. The summed E-state index contributed by atoms with van der Waals surface area (Å²) in [6.07, 6.45) is 5.76. The van der Waals surface area contributed by atoms with Gasteiger partial charge in [0.2, 0.25) is 11.8 Å². The molecule has 2 aliphatic rings. The first-order valence-corrected chi connectivity index (χ1v) is 15.0. The van der Waals surface area contributed by atoms with Crippen molar-refractivity contribution in [3.05, 3.63) is 60.7 Å². The Labute approximate surface area is 246 Å². The maximum atomic E-state index is 12.8. The van der Waals surface area contributed by atoms with Gasteiger partial charge in [0.15, 0.2) is 0 Å². The second-order valence-corrected chi connectivity index (χ2v) is 11.4. The second-order valence-electron chi connectivity index (χ2n) is 11.4. The molecule has 42 heavy (non-hydrogen) atoms. The third-order valence-electron chi connectivity index (χ3n) is 8.23. The molecule has 0 bridgehead atoms. The van der Waals surface area contributed by atoms with Crippen LogP contribution >= 0.6 is 0 Å². The number of anilines is 5. The Morgan fingerprint density at radius 3 is 1.60 bits per heavy atom. The molecule has 9 nitrogen and oxygen atoms in total. The van der Waals surface area contributed by atoms with E-state index in [1.165, 1.54) is 25.7 Å². The standard InChI is InChI=1S/C33H39N7O2/c34-23-5-7-24(8-6-23)37-33-27-21-25(35-31(41)13-19-39-15-1-2-16-39)9-11-29(27)38-30-12-10-26(22-28(30)33)36-32(42)14-20-40-17-3-4-18-40/h5-12,21-22H,1-4,13-20,34H2,(H,35,41)(H,36,42)(H,37,38). The summed E-state index contributed by atoms with van der Waals surface area (Å²) >= 11 is 0. The minimum absolute atomic E-state index is 0.00183. The number of nitrogens with zero attached hydrogens (tertiary/aromatic N) is 3. The van der Waals surface area contributed by atoms with Crippen molar-refractivity contribution in [1.29, 1.82) is 0 Å². The molecule has 2 amide bonds. The van der Waals surface area contributed by atoms with Crippen LogP contribution in [0, 0.1) is 0 Å². The van der Waals surface area contributed by atoms with Gasteiger partial charge in [-0.25, -0.2) is 4.98 Å². The number of rotatable bonds is 10. The van der Waals surface area contributed by atoms with E-state index < -0.39 is 0 Å². The number of nitrogens with two attached hydrogens (primary N) is 1. The fourth-order valence-corrected chi connectivity index (χ4v) is 5.92. The van der Waals surface area contributed by atoms with Crippen LogP contribution in [0.4, 0.5) is 28.4 Å². The van der Waals surface area contributed by atoms with E-state index in [9.17, 15) is 9.59 Å². The Hall–Kier alpha value is -4.21. The van der Waals surface area contributed by atoms with E-state index in [1.807, 2.05) is 60.7 Å². The lowest BCUT2D eigenvalue weighted by molar-refractivity contribution is -0.117. The van der Waals surface area contributed by atoms with Gasteiger partial charge in [-0.1, -0.05) is 0 Å². The van der Waals surface area contributed by atoms with Crippen molar-refractivity contribution in [2.75, 3.05) is 61.0 Å². The van der Waals surface area contributed by atoms with Gasteiger partial charge >= 0.3 is 0 Å². The number of carbonyl (C=O) groups excluding carboxylic acids is 2. The van der Waals surface area contributed by atoms with Gasteiger partial charge in [-0.15, -0.1) is 0 Å². The smallest absolute Gasteiger partial charge is 0.225 e. The average molecular weight is 566 g/mol. The summed E-state index contributed by atoms with van der Waals surface area (Å²) in [4.78, 5) is 35.2. The highest BCUT2D eigenvalue weighted by molar-refractivity contribution is 6.11. The van der Waals surface area contributed by atoms with Crippen LogP contribution in [0.1, 0.15) is 38.5 Å². The van der Waals surface area contributed by atoms with Gasteiger partial charge in [0.25, 0.3) is 0 Å². The molecular weight excluding hydrogens is 526 g/mol. The summed E-state index contributed by atoms with van der Waals surface area (Å²) in [5.41, 5.74) is 11.4. The maximum Gasteiger partial charge on any atom is 0.225 e. The number of amides is 2. The highest BCUT2D eigenvalue weighted by Gasteiger charge is 2.16. The molecule has 6 rings (SSSR count). The van der Waals surface area contributed by atoms with Gasteiger partial charge in [-0.2, -0.15) is 0 Å². The highest BCUT2D eigenvalue weighted by atomic mass is 16.2.